The Labute approximate surface area is 135 Å². The number of benzene rings is 1. The van der Waals surface area contributed by atoms with E-state index in [1.165, 1.54) is 0 Å². The second kappa shape index (κ2) is 6.20. The summed E-state index contributed by atoms with van der Waals surface area (Å²) in [5, 5.41) is 4.56. The van der Waals surface area contributed by atoms with Crippen LogP contribution in [0.2, 0.25) is 0 Å². The average molecular weight is 318 g/mol. The number of primary amides is 1. The Hall–Kier alpha value is -2.70. The molecule has 1 aromatic heterocycles. The van der Waals surface area contributed by atoms with Gasteiger partial charge in [0.1, 0.15) is 18.2 Å². The number of methoxy groups -OCH3 is 1. The summed E-state index contributed by atoms with van der Waals surface area (Å²) in [6, 6.07) is 7.26. The van der Waals surface area contributed by atoms with Crippen molar-refractivity contribution in [3.63, 3.8) is 0 Å². The Morgan fingerprint density at radius 2 is 2.00 bits per heavy atom. The third-order valence-electron chi connectivity index (χ3n) is 3.39. The van der Waals surface area contributed by atoms with E-state index in [-0.39, 0.29) is 12.0 Å². The van der Waals surface area contributed by atoms with Crippen LogP contribution in [0.15, 0.2) is 24.3 Å². The van der Waals surface area contributed by atoms with Crippen LogP contribution in [0.25, 0.3) is 5.69 Å². The number of nitrogens with zero attached hydrogens (tertiary/aromatic N) is 2. The maximum Gasteiger partial charge on any atom is 0.404 e. The van der Waals surface area contributed by atoms with E-state index in [9.17, 15) is 4.79 Å². The Morgan fingerprint density at radius 1 is 1.30 bits per heavy atom. The van der Waals surface area contributed by atoms with Crippen LogP contribution in [0.3, 0.4) is 0 Å². The fourth-order valence-electron chi connectivity index (χ4n) is 2.10. The van der Waals surface area contributed by atoms with Gasteiger partial charge in [-0.3, -0.25) is 0 Å². The first-order valence-corrected chi connectivity index (χ1v) is 7.18. The number of carbonyl (C=O) groups is 1. The van der Waals surface area contributed by atoms with Gasteiger partial charge >= 0.3 is 6.09 Å². The Balaban J connectivity index is 2.37. The number of anilines is 1. The lowest BCUT2D eigenvalue weighted by atomic mass is 9.92. The van der Waals surface area contributed by atoms with Gasteiger partial charge in [-0.2, -0.15) is 5.10 Å². The Kier molecular flexibility index (Phi) is 4.49. The molecule has 0 saturated carbocycles. The number of rotatable bonds is 4. The molecule has 1 heterocycles. The molecule has 124 valence electrons. The molecule has 7 nitrogen and oxygen atoms in total. The summed E-state index contributed by atoms with van der Waals surface area (Å²) in [6.07, 6.45) is -0.831. The number of hydrogen-bond donors (Lipinski definition) is 2. The molecule has 1 aromatic carbocycles. The van der Waals surface area contributed by atoms with Crippen molar-refractivity contribution in [1.29, 1.82) is 0 Å². The third-order valence-corrected chi connectivity index (χ3v) is 3.39. The summed E-state index contributed by atoms with van der Waals surface area (Å²) in [5.41, 5.74) is 13.3. The lowest BCUT2D eigenvalue weighted by Gasteiger charge is -2.14. The predicted octanol–water partition coefficient (Wildman–Crippen LogP) is 2.36. The SMILES string of the molecule is COc1cc(-n2nc(C(C)(C)C)cc2N)ccc1COC(N)=O. The molecule has 2 aromatic rings. The molecule has 0 radical (unpaired) electrons. The number of amides is 1. The molecule has 0 bridgehead atoms. The largest absolute Gasteiger partial charge is 0.496 e. The summed E-state index contributed by atoms with van der Waals surface area (Å²) < 4.78 is 11.8. The van der Waals surface area contributed by atoms with Gasteiger partial charge in [-0.15, -0.1) is 0 Å². The first-order valence-electron chi connectivity index (χ1n) is 7.18. The molecule has 0 unspecified atom stereocenters. The summed E-state index contributed by atoms with van der Waals surface area (Å²) in [6.45, 7) is 6.26. The highest BCUT2D eigenvalue weighted by atomic mass is 16.5. The van der Waals surface area contributed by atoms with Crippen molar-refractivity contribution < 1.29 is 14.3 Å². The van der Waals surface area contributed by atoms with Gasteiger partial charge in [0.25, 0.3) is 0 Å². The van der Waals surface area contributed by atoms with Gasteiger partial charge in [-0.1, -0.05) is 20.8 Å². The standard InChI is InChI=1S/C16H22N4O3/c1-16(2,3)13-8-14(17)20(19-13)11-6-5-10(9-23-15(18)21)12(7-11)22-4/h5-8H,9,17H2,1-4H3,(H2,18,21). The Bertz CT molecular complexity index is 717. The van der Waals surface area contributed by atoms with Gasteiger partial charge in [0.15, 0.2) is 0 Å². The van der Waals surface area contributed by atoms with Crippen LogP contribution >= 0.6 is 0 Å². The van der Waals surface area contributed by atoms with E-state index in [0.29, 0.717) is 17.1 Å². The van der Waals surface area contributed by atoms with E-state index >= 15 is 0 Å². The van der Waals surface area contributed by atoms with Crippen LogP contribution in [0.1, 0.15) is 32.0 Å². The van der Waals surface area contributed by atoms with Gasteiger partial charge in [0.05, 0.1) is 18.5 Å². The fourth-order valence-corrected chi connectivity index (χ4v) is 2.10. The van der Waals surface area contributed by atoms with Crippen molar-refractivity contribution in [2.75, 3.05) is 12.8 Å². The van der Waals surface area contributed by atoms with E-state index in [4.69, 9.17) is 20.9 Å². The fraction of sp³-hybridized carbons (Fsp3) is 0.375. The molecule has 0 aliphatic rings. The second-order valence-electron chi connectivity index (χ2n) is 6.22. The van der Waals surface area contributed by atoms with Crippen LogP contribution in [-0.2, 0) is 16.8 Å². The zero-order valence-electron chi connectivity index (χ0n) is 13.8. The van der Waals surface area contributed by atoms with Crippen molar-refractivity contribution in [3.05, 3.63) is 35.5 Å². The first kappa shape index (κ1) is 16.7. The smallest absolute Gasteiger partial charge is 0.404 e. The average Bonchev–Trinajstić information content (AvgIpc) is 2.87. The monoisotopic (exact) mass is 318 g/mol. The lowest BCUT2D eigenvalue weighted by molar-refractivity contribution is 0.149. The predicted molar refractivity (Wildman–Crippen MR) is 87.6 cm³/mol. The molecule has 0 saturated heterocycles. The van der Waals surface area contributed by atoms with Crippen molar-refractivity contribution in [1.82, 2.24) is 9.78 Å². The minimum atomic E-state index is -0.831. The number of nitrogen functional groups attached to an aromatic ring is 1. The quantitative estimate of drug-likeness (QED) is 0.900. The van der Waals surface area contributed by atoms with E-state index < -0.39 is 6.09 Å². The molecule has 4 N–H and O–H groups in total. The van der Waals surface area contributed by atoms with Gasteiger partial charge in [0.2, 0.25) is 0 Å². The van der Waals surface area contributed by atoms with E-state index in [1.807, 2.05) is 12.1 Å². The molecule has 2 rings (SSSR count). The van der Waals surface area contributed by atoms with E-state index in [0.717, 1.165) is 11.4 Å². The van der Waals surface area contributed by atoms with E-state index in [2.05, 4.69) is 25.9 Å². The molecule has 0 atom stereocenters. The number of aromatic nitrogens is 2. The number of hydrogen-bond acceptors (Lipinski definition) is 5. The molecule has 0 spiro atoms. The van der Waals surface area contributed by atoms with Crippen molar-refractivity contribution in [3.8, 4) is 11.4 Å². The molecular weight excluding hydrogens is 296 g/mol. The molecule has 1 amide bonds. The van der Waals surface area contributed by atoms with Crippen LogP contribution < -0.4 is 16.2 Å². The maximum atomic E-state index is 10.7. The molecule has 0 aliphatic carbocycles. The number of ether oxygens (including phenoxy) is 2. The number of nitrogens with two attached hydrogens (primary N) is 2. The highest BCUT2D eigenvalue weighted by Gasteiger charge is 2.20. The van der Waals surface area contributed by atoms with Gasteiger partial charge in [0, 0.05) is 23.1 Å². The summed E-state index contributed by atoms with van der Waals surface area (Å²) in [7, 11) is 1.54. The highest BCUT2D eigenvalue weighted by molar-refractivity contribution is 5.64. The Morgan fingerprint density at radius 3 is 2.52 bits per heavy atom. The van der Waals surface area contributed by atoms with Crippen molar-refractivity contribution >= 4 is 11.9 Å². The zero-order chi connectivity index (χ0) is 17.2. The molecule has 0 fully saturated rings. The molecule has 7 heteroatoms. The summed E-state index contributed by atoms with van der Waals surface area (Å²) in [5.74, 6) is 1.11. The normalized spacial score (nSPS) is 11.3. The number of carbonyl (C=O) groups excluding carboxylic acids is 1. The zero-order valence-corrected chi connectivity index (χ0v) is 13.8. The first-order chi connectivity index (χ1) is 10.7. The minimum absolute atomic E-state index is 0.0423. The van der Waals surface area contributed by atoms with Crippen LogP contribution in [0.5, 0.6) is 5.75 Å². The molecule has 0 aliphatic heterocycles. The van der Waals surface area contributed by atoms with Crippen LogP contribution in [0, 0.1) is 0 Å². The van der Waals surface area contributed by atoms with Gasteiger partial charge in [-0.25, -0.2) is 9.48 Å². The highest BCUT2D eigenvalue weighted by Crippen LogP contribution is 2.27. The molecule has 23 heavy (non-hydrogen) atoms. The lowest BCUT2D eigenvalue weighted by Crippen LogP contribution is -2.13. The minimum Gasteiger partial charge on any atom is -0.496 e. The van der Waals surface area contributed by atoms with Gasteiger partial charge in [-0.05, 0) is 12.1 Å². The van der Waals surface area contributed by atoms with Crippen LogP contribution in [-0.4, -0.2) is 23.0 Å². The summed E-state index contributed by atoms with van der Waals surface area (Å²) in [4.78, 5) is 10.7. The van der Waals surface area contributed by atoms with E-state index in [1.54, 1.807) is 23.9 Å². The molecular formula is C16H22N4O3. The maximum absolute atomic E-state index is 10.7. The summed E-state index contributed by atoms with van der Waals surface area (Å²) >= 11 is 0. The van der Waals surface area contributed by atoms with Crippen molar-refractivity contribution in [2.24, 2.45) is 5.73 Å². The second-order valence-corrected chi connectivity index (χ2v) is 6.22. The third kappa shape index (κ3) is 3.74. The topological polar surface area (TPSA) is 105 Å². The van der Waals surface area contributed by atoms with Gasteiger partial charge < -0.3 is 20.9 Å². The van der Waals surface area contributed by atoms with Crippen LogP contribution in [0.4, 0.5) is 10.6 Å². The van der Waals surface area contributed by atoms with Crippen molar-refractivity contribution in [2.45, 2.75) is 32.8 Å².